The van der Waals surface area contributed by atoms with Gasteiger partial charge in [0.15, 0.2) is 5.78 Å². The van der Waals surface area contributed by atoms with E-state index in [2.05, 4.69) is 40.2 Å². The standard InChI is InChI=1S/C23H23FN2O/c24-19-8-6-18(7-9-19)23(27)5-2-14-26-15-11-17(12-16-26)20-3-1-4-22-21(20)10-13-25-22/h1,3-4,6-11,13,25H,2,5,12,14-16H2. The monoisotopic (exact) mass is 362 g/mol. The largest absolute Gasteiger partial charge is 0.361 e. The predicted octanol–water partition coefficient (Wildman–Crippen LogP) is 5.06. The first-order valence-corrected chi connectivity index (χ1v) is 9.47. The first-order chi connectivity index (χ1) is 13.2. The summed E-state index contributed by atoms with van der Waals surface area (Å²) in [6, 6.07) is 14.3. The number of aromatic nitrogens is 1. The number of carbonyl (C=O) groups excluding carboxylic acids is 1. The molecule has 4 heteroatoms. The summed E-state index contributed by atoms with van der Waals surface area (Å²) in [7, 11) is 0. The summed E-state index contributed by atoms with van der Waals surface area (Å²) < 4.78 is 12.9. The lowest BCUT2D eigenvalue weighted by atomic mass is 9.96. The summed E-state index contributed by atoms with van der Waals surface area (Å²) in [5.74, 6) is -0.222. The molecular weight excluding hydrogens is 339 g/mol. The van der Waals surface area contributed by atoms with Crippen LogP contribution in [0.5, 0.6) is 0 Å². The third-order valence-corrected chi connectivity index (χ3v) is 5.28. The maximum absolute atomic E-state index is 12.9. The third-order valence-electron chi connectivity index (χ3n) is 5.28. The normalized spacial score (nSPS) is 15.1. The number of halogens is 1. The van der Waals surface area contributed by atoms with Crippen molar-refractivity contribution in [1.82, 2.24) is 9.88 Å². The second-order valence-electron chi connectivity index (χ2n) is 7.06. The number of H-pyrrole nitrogens is 1. The number of ketones is 1. The number of nitrogens with one attached hydrogen (secondary N) is 1. The Morgan fingerprint density at radius 1 is 1.11 bits per heavy atom. The topological polar surface area (TPSA) is 36.1 Å². The Labute approximate surface area is 158 Å². The van der Waals surface area contributed by atoms with Crippen molar-refractivity contribution in [3.8, 4) is 0 Å². The fourth-order valence-electron chi connectivity index (χ4n) is 3.77. The van der Waals surface area contributed by atoms with E-state index in [1.165, 1.54) is 34.2 Å². The van der Waals surface area contributed by atoms with E-state index in [4.69, 9.17) is 0 Å². The van der Waals surface area contributed by atoms with Gasteiger partial charge in [0.05, 0.1) is 0 Å². The van der Waals surface area contributed by atoms with Crippen LogP contribution in [-0.2, 0) is 0 Å². The molecule has 1 aliphatic heterocycles. The lowest BCUT2D eigenvalue weighted by molar-refractivity contribution is 0.0975. The Morgan fingerprint density at radius 2 is 1.96 bits per heavy atom. The van der Waals surface area contributed by atoms with Gasteiger partial charge in [-0.15, -0.1) is 0 Å². The lowest BCUT2D eigenvalue weighted by Crippen LogP contribution is -2.29. The molecule has 0 bridgehead atoms. The number of nitrogens with zero attached hydrogens (tertiary/aromatic N) is 1. The molecule has 0 unspecified atom stereocenters. The van der Waals surface area contributed by atoms with Crippen molar-refractivity contribution in [3.63, 3.8) is 0 Å². The van der Waals surface area contributed by atoms with Gasteiger partial charge in [-0.05, 0) is 66.9 Å². The van der Waals surface area contributed by atoms with Crippen LogP contribution in [-0.4, -0.2) is 35.3 Å². The minimum Gasteiger partial charge on any atom is -0.361 e. The summed E-state index contributed by atoms with van der Waals surface area (Å²) in [6.07, 6.45) is 6.65. The molecule has 1 N–H and O–H groups in total. The van der Waals surface area contributed by atoms with Gasteiger partial charge in [-0.3, -0.25) is 9.69 Å². The van der Waals surface area contributed by atoms with Gasteiger partial charge in [0.2, 0.25) is 0 Å². The first-order valence-electron chi connectivity index (χ1n) is 9.47. The summed E-state index contributed by atoms with van der Waals surface area (Å²) >= 11 is 0. The summed E-state index contributed by atoms with van der Waals surface area (Å²) in [6.45, 7) is 2.84. The molecule has 1 aliphatic rings. The number of aromatic amines is 1. The highest BCUT2D eigenvalue weighted by atomic mass is 19.1. The second kappa shape index (κ2) is 7.89. The van der Waals surface area contributed by atoms with E-state index < -0.39 is 0 Å². The Balaban J connectivity index is 1.31. The van der Waals surface area contributed by atoms with Gasteiger partial charge in [-0.1, -0.05) is 18.2 Å². The van der Waals surface area contributed by atoms with Gasteiger partial charge in [-0.25, -0.2) is 4.39 Å². The van der Waals surface area contributed by atoms with Crippen molar-refractivity contribution in [1.29, 1.82) is 0 Å². The number of carbonyl (C=O) groups is 1. The zero-order valence-corrected chi connectivity index (χ0v) is 15.2. The molecule has 0 fully saturated rings. The van der Waals surface area contributed by atoms with Crippen LogP contribution in [0, 0.1) is 5.82 Å². The van der Waals surface area contributed by atoms with Gasteiger partial charge < -0.3 is 4.98 Å². The van der Waals surface area contributed by atoms with E-state index in [0.717, 1.165) is 32.5 Å². The number of rotatable bonds is 6. The van der Waals surface area contributed by atoms with Crippen molar-refractivity contribution in [3.05, 3.63) is 77.7 Å². The number of hydrogen-bond acceptors (Lipinski definition) is 2. The van der Waals surface area contributed by atoms with Gasteiger partial charge in [0, 0.05) is 42.2 Å². The Hall–Kier alpha value is -2.72. The quantitative estimate of drug-likeness (QED) is 0.622. The molecule has 0 aliphatic carbocycles. The molecule has 0 saturated carbocycles. The zero-order chi connectivity index (χ0) is 18.6. The van der Waals surface area contributed by atoms with Crippen molar-refractivity contribution >= 4 is 22.3 Å². The minimum atomic E-state index is -0.308. The van der Waals surface area contributed by atoms with Crippen molar-refractivity contribution < 1.29 is 9.18 Å². The number of benzene rings is 2. The second-order valence-corrected chi connectivity index (χ2v) is 7.06. The molecule has 0 spiro atoms. The number of hydrogen-bond donors (Lipinski definition) is 1. The van der Waals surface area contributed by atoms with E-state index in [1.807, 2.05) is 6.20 Å². The number of Topliss-reactive ketones (excluding diaryl/α,β-unsaturated/α-hetero) is 1. The third kappa shape index (κ3) is 4.01. The van der Waals surface area contributed by atoms with Crippen LogP contribution in [0.25, 0.3) is 16.5 Å². The highest BCUT2D eigenvalue weighted by Crippen LogP contribution is 2.28. The SMILES string of the molecule is O=C(CCCN1CC=C(c2cccc3[nH]ccc23)CC1)c1ccc(F)cc1. The van der Waals surface area contributed by atoms with Crippen LogP contribution in [0.15, 0.2) is 60.8 Å². The number of fused-ring (bicyclic) bond motifs is 1. The highest BCUT2D eigenvalue weighted by molar-refractivity contribution is 5.96. The van der Waals surface area contributed by atoms with Crippen molar-refractivity contribution in [2.24, 2.45) is 0 Å². The lowest BCUT2D eigenvalue weighted by Gasteiger charge is -2.26. The molecule has 0 saturated heterocycles. The van der Waals surface area contributed by atoms with Gasteiger partial charge >= 0.3 is 0 Å². The zero-order valence-electron chi connectivity index (χ0n) is 15.2. The average molecular weight is 362 g/mol. The summed E-state index contributed by atoms with van der Waals surface area (Å²) in [5, 5.41) is 1.28. The van der Waals surface area contributed by atoms with Crippen molar-refractivity contribution in [2.75, 3.05) is 19.6 Å². The minimum absolute atomic E-state index is 0.0855. The molecule has 2 aromatic carbocycles. The molecule has 4 rings (SSSR count). The van der Waals surface area contributed by atoms with Crippen LogP contribution in [0.3, 0.4) is 0 Å². The molecular formula is C23H23FN2O. The van der Waals surface area contributed by atoms with Crippen LogP contribution in [0.2, 0.25) is 0 Å². The fourth-order valence-corrected chi connectivity index (χ4v) is 3.77. The molecule has 27 heavy (non-hydrogen) atoms. The smallest absolute Gasteiger partial charge is 0.162 e. The van der Waals surface area contributed by atoms with E-state index in [9.17, 15) is 9.18 Å². The fraction of sp³-hybridized carbons (Fsp3) is 0.261. The van der Waals surface area contributed by atoms with E-state index >= 15 is 0 Å². The maximum atomic E-state index is 12.9. The van der Waals surface area contributed by atoms with Crippen LogP contribution < -0.4 is 0 Å². The van der Waals surface area contributed by atoms with Gasteiger partial charge in [-0.2, -0.15) is 0 Å². The molecule has 0 amide bonds. The van der Waals surface area contributed by atoms with Crippen LogP contribution >= 0.6 is 0 Å². The van der Waals surface area contributed by atoms with Gasteiger partial charge in [0.25, 0.3) is 0 Å². The molecule has 2 heterocycles. The van der Waals surface area contributed by atoms with E-state index in [-0.39, 0.29) is 11.6 Å². The van der Waals surface area contributed by atoms with Crippen LogP contribution in [0.4, 0.5) is 4.39 Å². The maximum Gasteiger partial charge on any atom is 0.162 e. The Morgan fingerprint density at radius 3 is 2.74 bits per heavy atom. The Kier molecular flexibility index (Phi) is 5.16. The summed E-state index contributed by atoms with van der Waals surface area (Å²) in [4.78, 5) is 17.8. The predicted molar refractivity (Wildman–Crippen MR) is 107 cm³/mol. The molecule has 3 aromatic rings. The molecule has 3 nitrogen and oxygen atoms in total. The van der Waals surface area contributed by atoms with E-state index in [1.54, 1.807) is 12.1 Å². The first kappa shape index (κ1) is 17.7. The summed E-state index contributed by atoms with van der Waals surface area (Å²) in [5.41, 5.74) is 4.49. The van der Waals surface area contributed by atoms with Gasteiger partial charge in [0.1, 0.15) is 5.82 Å². The molecule has 1 aromatic heterocycles. The highest BCUT2D eigenvalue weighted by Gasteiger charge is 2.15. The van der Waals surface area contributed by atoms with Crippen molar-refractivity contribution in [2.45, 2.75) is 19.3 Å². The molecule has 0 radical (unpaired) electrons. The Bertz CT molecular complexity index is 971. The van der Waals surface area contributed by atoms with Crippen LogP contribution in [0.1, 0.15) is 35.2 Å². The molecule has 138 valence electrons. The molecule has 0 atom stereocenters. The average Bonchev–Trinajstić information content (AvgIpc) is 3.18. The van der Waals surface area contributed by atoms with E-state index in [0.29, 0.717) is 12.0 Å².